The first-order valence-electron chi connectivity index (χ1n) is 7.58. The second-order valence-electron chi connectivity index (χ2n) is 5.40. The molecule has 0 aromatic heterocycles. The fraction of sp³-hybridized carbons (Fsp3) is 0.375. The third kappa shape index (κ3) is 5.11. The number of piperazine rings is 1. The summed E-state index contributed by atoms with van der Waals surface area (Å²) in [5.74, 6) is -0.508. The molecular formula is C16H19Cl2N5O. The third-order valence-corrected chi connectivity index (χ3v) is 4.27. The van der Waals surface area contributed by atoms with E-state index in [1.807, 2.05) is 11.0 Å². The van der Waals surface area contributed by atoms with Crippen molar-refractivity contribution in [3.8, 4) is 6.07 Å². The predicted octanol–water partition coefficient (Wildman–Crippen LogP) is 1.92. The van der Waals surface area contributed by atoms with Crippen LogP contribution in [0.3, 0.4) is 0 Å². The van der Waals surface area contributed by atoms with E-state index in [0.717, 1.165) is 32.7 Å². The van der Waals surface area contributed by atoms with Crippen LogP contribution in [-0.4, -0.2) is 55.0 Å². The molecule has 0 bridgehead atoms. The minimum Gasteiger partial charge on any atom is -0.374 e. The van der Waals surface area contributed by atoms with Crippen LogP contribution < -0.4 is 11.1 Å². The maximum absolute atomic E-state index is 12.3. The number of hydrogen-bond acceptors (Lipinski definition) is 5. The van der Waals surface area contributed by atoms with Gasteiger partial charge in [-0.3, -0.25) is 9.69 Å². The Bertz CT molecular complexity index is 663. The van der Waals surface area contributed by atoms with Gasteiger partial charge in [-0.2, -0.15) is 5.26 Å². The van der Waals surface area contributed by atoms with Crippen LogP contribution in [-0.2, 0) is 4.79 Å². The molecule has 2 rings (SSSR count). The average Bonchev–Trinajstić information content (AvgIpc) is 2.57. The number of carbonyl (C=O) groups excluding carboxylic acids is 1. The molecule has 1 fully saturated rings. The minimum atomic E-state index is -0.508. The van der Waals surface area contributed by atoms with E-state index in [2.05, 4.69) is 10.2 Å². The van der Waals surface area contributed by atoms with Crippen molar-refractivity contribution in [3.05, 3.63) is 40.0 Å². The zero-order valence-electron chi connectivity index (χ0n) is 13.1. The van der Waals surface area contributed by atoms with Gasteiger partial charge in [0.25, 0.3) is 5.91 Å². The Morgan fingerprint density at radius 2 is 2.04 bits per heavy atom. The molecule has 0 atom stereocenters. The monoisotopic (exact) mass is 367 g/mol. The number of hydrogen-bond donors (Lipinski definition) is 2. The predicted molar refractivity (Wildman–Crippen MR) is 95.9 cm³/mol. The Balaban J connectivity index is 2.01. The van der Waals surface area contributed by atoms with Crippen LogP contribution >= 0.6 is 23.2 Å². The summed E-state index contributed by atoms with van der Waals surface area (Å²) in [6, 6.07) is 6.70. The number of nitriles is 1. The zero-order chi connectivity index (χ0) is 17.5. The van der Waals surface area contributed by atoms with Gasteiger partial charge in [0.2, 0.25) is 0 Å². The normalized spacial score (nSPS) is 15.9. The van der Waals surface area contributed by atoms with Crippen LogP contribution in [0.4, 0.5) is 5.69 Å². The quantitative estimate of drug-likeness (QED) is 0.613. The Hall–Kier alpha value is -1.78. The van der Waals surface area contributed by atoms with Gasteiger partial charge >= 0.3 is 0 Å². The highest BCUT2D eigenvalue weighted by molar-refractivity contribution is 6.35. The van der Waals surface area contributed by atoms with Crippen molar-refractivity contribution in [3.63, 3.8) is 0 Å². The van der Waals surface area contributed by atoms with E-state index in [9.17, 15) is 10.1 Å². The Morgan fingerprint density at radius 3 is 2.67 bits per heavy atom. The molecule has 1 aliphatic heterocycles. The molecule has 1 heterocycles. The molecule has 1 aromatic carbocycles. The molecule has 0 aliphatic carbocycles. The van der Waals surface area contributed by atoms with Crippen LogP contribution in [0.25, 0.3) is 0 Å². The van der Waals surface area contributed by atoms with Crippen LogP contribution in [0.1, 0.15) is 0 Å². The number of benzene rings is 1. The topological polar surface area (TPSA) is 85.4 Å². The van der Waals surface area contributed by atoms with Crippen LogP contribution in [0, 0.1) is 11.3 Å². The summed E-state index contributed by atoms with van der Waals surface area (Å²) < 4.78 is 0. The standard InChI is InChI=1S/C16H19Cl2N5O/c17-13-1-2-14(18)15(9-13)21-16(24)12(10-20)11-23-7-5-22(4-3-19)6-8-23/h1-2,9,11H,3-8,19H2,(H,21,24)/b12-11-. The number of nitrogens with zero attached hydrogens (tertiary/aromatic N) is 3. The minimum absolute atomic E-state index is 0.0262. The van der Waals surface area contributed by atoms with E-state index in [1.165, 1.54) is 0 Å². The number of carbonyl (C=O) groups is 1. The highest BCUT2D eigenvalue weighted by atomic mass is 35.5. The summed E-state index contributed by atoms with van der Waals surface area (Å²) in [5.41, 5.74) is 5.95. The van der Waals surface area contributed by atoms with E-state index >= 15 is 0 Å². The summed E-state index contributed by atoms with van der Waals surface area (Å²) in [6.07, 6.45) is 1.59. The van der Waals surface area contributed by atoms with Crippen molar-refractivity contribution in [2.24, 2.45) is 5.73 Å². The number of halogens is 2. The molecule has 0 saturated carbocycles. The summed E-state index contributed by atoms with van der Waals surface area (Å²) in [7, 11) is 0. The van der Waals surface area contributed by atoms with Crippen LogP contribution in [0.2, 0.25) is 10.0 Å². The van der Waals surface area contributed by atoms with E-state index in [4.69, 9.17) is 28.9 Å². The van der Waals surface area contributed by atoms with Gasteiger partial charge in [0, 0.05) is 50.5 Å². The molecule has 6 nitrogen and oxygen atoms in total. The lowest BCUT2D eigenvalue weighted by molar-refractivity contribution is -0.112. The molecule has 0 unspecified atom stereocenters. The molecule has 8 heteroatoms. The molecule has 128 valence electrons. The van der Waals surface area contributed by atoms with Gasteiger partial charge in [-0.05, 0) is 18.2 Å². The smallest absolute Gasteiger partial charge is 0.267 e. The first-order valence-corrected chi connectivity index (χ1v) is 8.34. The lowest BCUT2D eigenvalue weighted by Gasteiger charge is -2.33. The molecule has 3 N–H and O–H groups in total. The molecule has 1 saturated heterocycles. The highest BCUT2D eigenvalue weighted by Gasteiger charge is 2.17. The Kier molecular flexibility index (Phi) is 6.88. The first kappa shape index (κ1) is 18.6. The fourth-order valence-corrected chi connectivity index (χ4v) is 2.74. The molecule has 1 aliphatic rings. The first-order chi connectivity index (χ1) is 11.5. The van der Waals surface area contributed by atoms with Crippen LogP contribution in [0.5, 0.6) is 0 Å². The summed E-state index contributed by atoms with van der Waals surface area (Å²) >= 11 is 11.9. The number of amides is 1. The lowest BCUT2D eigenvalue weighted by Crippen LogP contribution is -2.45. The van der Waals surface area contributed by atoms with Gasteiger partial charge in [0.1, 0.15) is 11.6 Å². The van der Waals surface area contributed by atoms with Crippen molar-refractivity contribution in [1.29, 1.82) is 5.26 Å². The molecular weight excluding hydrogens is 349 g/mol. The molecule has 1 aromatic rings. The van der Waals surface area contributed by atoms with Crippen LogP contribution in [0.15, 0.2) is 30.0 Å². The van der Waals surface area contributed by atoms with Gasteiger partial charge in [-0.25, -0.2) is 0 Å². The number of rotatable bonds is 5. The third-order valence-electron chi connectivity index (χ3n) is 3.71. The molecule has 1 amide bonds. The number of anilines is 1. The lowest BCUT2D eigenvalue weighted by atomic mass is 10.2. The van der Waals surface area contributed by atoms with Gasteiger partial charge in [0.15, 0.2) is 0 Å². The maximum atomic E-state index is 12.3. The average molecular weight is 368 g/mol. The van der Waals surface area contributed by atoms with Crippen molar-refractivity contribution in [1.82, 2.24) is 9.80 Å². The van der Waals surface area contributed by atoms with Gasteiger partial charge in [-0.1, -0.05) is 23.2 Å². The van der Waals surface area contributed by atoms with Gasteiger partial charge < -0.3 is 16.0 Å². The van der Waals surface area contributed by atoms with Gasteiger partial charge in [-0.15, -0.1) is 0 Å². The van der Waals surface area contributed by atoms with Crippen molar-refractivity contribution < 1.29 is 4.79 Å². The molecule has 0 spiro atoms. The van der Waals surface area contributed by atoms with E-state index in [-0.39, 0.29) is 5.57 Å². The van der Waals surface area contributed by atoms with E-state index in [0.29, 0.717) is 22.3 Å². The second kappa shape index (κ2) is 8.90. The summed E-state index contributed by atoms with van der Waals surface area (Å²) in [5, 5.41) is 12.7. The zero-order valence-corrected chi connectivity index (χ0v) is 14.6. The molecule has 24 heavy (non-hydrogen) atoms. The van der Waals surface area contributed by atoms with Crippen molar-refractivity contribution in [2.45, 2.75) is 0 Å². The van der Waals surface area contributed by atoms with Crippen molar-refractivity contribution >= 4 is 34.8 Å². The van der Waals surface area contributed by atoms with Crippen molar-refractivity contribution in [2.75, 3.05) is 44.6 Å². The number of nitrogens with one attached hydrogen (secondary N) is 1. The van der Waals surface area contributed by atoms with Gasteiger partial charge in [0.05, 0.1) is 10.7 Å². The largest absolute Gasteiger partial charge is 0.374 e. The fourth-order valence-electron chi connectivity index (χ4n) is 2.40. The number of nitrogens with two attached hydrogens (primary N) is 1. The Labute approximate surface area is 151 Å². The second-order valence-corrected chi connectivity index (χ2v) is 6.24. The summed E-state index contributed by atoms with van der Waals surface area (Å²) in [4.78, 5) is 16.5. The highest BCUT2D eigenvalue weighted by Crippen LogP contribution is 2.25. The summed E-state index contributed by atoms with van der Waals surface area (Å²) in [6.45, 7) is 4.69. The van der Waals surface area contributed by atoms with E-state index < -0.39 is 5.91 Å². The molecule has 0 radical (unpaired) electrons. The maximum Gasteiger partial charge on any atom is 0.267 e. The Morgan fingerprint density at radius 1 is 1.33 bits per heavy atom. The van der Waals surface area contributed by atoms with E-state index in [1.54, 1.807) is 24.4 Å². The SMILES string of the molecule is N#C/C(=C/N1CCN(CCN)CC1)C(=O)Nc1cc(Cl)ccc1Cl.